The minimum Gasteiger partial charge on any atom is -0.465 e. The van der Waals surface area contributed by atoms with Gasteiger partial charge in [-0.05, 0) is 19.3 Å². The number of carbonyl (C=O) groups is 1. The molecule has 0 aliphatic heterocycles. The Hall–Kier alpha value is -1.05. The van der Waals surface area contributed by atoms with Crippen LogP contribution in [0.1, 0.15) is 32.6 Å². The zero-order valence-corrected chi connectivity index (χ0v) is 9.00. The van der Waals surface area contributed by atoms with E-state index in [1.165, 1.54) is 0 Å². The van der Waals surface area contributed by atoms with Crippen molar-refractivity contribution in [2.75, 3.05) is 6.61 Å². The minimum absolute atomic E-state index is 0.0955. The first-order valence-corrected chi connectivity index (χ1v) is 5.14. The van der Waals surface area contributed by atoms with E-state index in [-0.39, 0.29) is 11.9 Å². The third-order valence-electron chi connectivity index (χ3n) is 1.98. The van der Waals surface area contributed by atoms with Gasteiger partial charge in [0.2, 0.25) is 0 Å². The van der Waals surface area contributed by atoms with E-state index in [0.717, 1.165) is 12.8 Å². The Bertz CT molecular complexity index is 175. The Morgan fingerprint density at radius 3 is 2.36 bits per heavy atom. The van der Waals surface area contributed by atoms with Crippen LogP contribution in [0.15, 0.2) is 25.3 Å². The molecule has 0 N–H and O–H groups in total. The number of rotatable bonds is 8. The van der Waals surface area contributed by atoms with E-state index >= 15 is 0 Å². The van der Waals surface area contributed by atoms with E-state index in [0.29, 0.717) is 19.4 Å². The molecule has 0 heterocycles. The number of carbonyl (C=O) groups excluding carboxylic acids is 1. The summed E-state index contributed by atoms with van der Waals surface area (Å²) in [7, 11) is 0. The molecule has 2 heteroatoms. The van der Waals surface area contributed by atoms with Gasteiger partial charge in [-0.15, -0.1) is 13.2 Å². The first kappa shape index (κ1) is 12.9. The quantitative estimate of drug-likeness (QED) is 0.339. The van der Waals surface area contributed by atoms with Gasteiger partial charge in [0, 0.05) is 0 Å². The van der Waals surface area contributed by atoms with Gasteiger partial charge in [0.25, 0.3) is 0 Å². The van der Waals surface area contributed by atoms with E-state index < -0.39 is 0 Å². The molecule has 14 heavy (non-hydrogen) atoms. The number of ether oxygens (including phenoxy) is 1. The summed E-state index contributed by atoms with van der Waals surface area (Å²) in [5.41, 5.74) is 0. The number of hydrogen-bond acceptors (Lipinski definition) is 2. The maximum atomic E-state index is 11.5. The average molecular weight is 196 g/mol. The van der Waals surface area contributed by atoms with Gasteiger partial charge in [-0.25, -0.2) is 0 Å². The monoisotopic (exact) mass is 196 g/mol. The molecule has 0 aliphatic rings. The lowest BCUT2D eigenvalue weighted by atomic mass is 10.0. The molecule has 0 fully saturated rings. The number of allylic oxidation sites excluding steroid dienone is 2. The highest BCUT2D eigenvalue weighted by Gasteiger charge is 2.16. The minimum atomic E-state index is -0.127. The standard InChI is InChI=1S/C12H20O2/c1-4-7-10-14-12(13)11(8-5-2)9-6-3/h5-6,11H,2-4,7-10H2,1H3. The van der Waals surface area contributed by atoms with E-state index in [2.05, 4.69) is 20.1 Å². The highest BCUT2D eigenvalue weighted by molar-refractivity contribution is 5.72. The summed E-state index contributed by atoms with van der Waals surface area (Å²) in [4.78, 5) is 11.5. The lowest BCUT2D eigenvalue weighted by Gasteiger charge is -2.11. The predicted molar refractivity (Wildman–Crippen MR) is 59.0 cm³/mol. The molecule has 0 radical (unpaired) electrons. The van der Waals surface area contributed by atoms with E-state index in [1.807, 2.05) is 0 Å². The highest BCUT2D eigenvalue weighted by Crippen LogP contribution is 2.12. The summed E-state index contributed by atoms with van der Waals surface area (Å²) in [5.74, 6) is -0.222. The van der Waals surface area contributed by atoms with Gasteiger partial charge in [-0.1, -0.05) is 25.5 Å². The maximum Gasteiger partial charge on any atom is 0.309 e. The van der Waals surface area contributed by atoms with Crippen molar-refractivity contribution in [3.63, 3.8) is 0 Å². The summed E-state index contributed by atoms with van der Waals surface area (Å²) in [6.45, 7) is 9.84. The molecule has 0 rings (SSSR count). The Kier molecular flexibility index (Phi) is 7.90. The van der Waals surface area contributed by atoms with Crippen LogP contribution in [-0.4, -0.2) is 12.6 Å². The van der Waals surface area contributed by atoms with Crippen molar-refractivity contribution < 1.29 is 9.53 Å². The van der Waals surface area contributed by atoms with Gasteiger partial charge in [0.15, 0.2) is 0 Å². The number of hydrogen-bond donors (Lipinski definition) is 0. The molecule has 0 amide bonds. The van der Waals surface area contributed by atoms with E-state index in [4.69, 9.17) is 4.74 Å². The molecule has 0 aliphatic carbocycles. The van der Waals surface area contributed by atoms with Gasteiger partial charge in [0.05, 0.1) is 12.5 Å². The van der Waals surface area contributed by atoms with Crippen LogP contribution in [0.25, 0.3) is 0 Å². The first-order chi connectivity index (χ1) is 6.76. The number of esters is 1. The van der Waals surface area contributed by atoms with Crippen molar-refractivity contribution in [3.8, 4) is 0 Å². The molecule has 0 unspecified atom stereocenters. The van der Waals surface area contributed by atoms with Crippen molar-refractivity contribution >= 4 is 5.97 Å². The highest BCUT2D eigenvalue weighted by atomic mass is 16.5. The SMILES string of the molecule is C=CCC(CC=C)C(=O)OCCCC. The second kappa shape index (κ2) is 8.54. The molecule has 0 aromatic heterocycles. The summed E-state index contributed by atoms with van der Waals surface area (Å²) in [6.07, 6.45) is 6.79. The van der Waals surface area contributed by atoms with Crippen LogP contribution < -0.4 is 0 Å². The van der Waals surface area contributed by atoms with Crippen molar-refractivity contribution in [2.45, 2.75) is 32.6 Å². The van der Waals surface area contributed by atoms with Crippen LogP contribution in [0.5, 0.6) is 0 Å². The summed E-state index contributed by atoms with van der Waals surface area (Å²) >= 11 is 0. The summed E-state index contributed by atoms with van der Waals surface area (Å²) in [6, 6.07) is 0. The predicted octanol–water partition coefficient (Wildman–Crippen LogP) is 3.10. The normalized spacial score (nSPS) is 9.86. The van der Waals surface area contributed by atoms with Crippen molar-refractivity contribution in [1.29, 1.82) is 0 Å². The molecule has 0 saturated heterocycles. The fourth-order valence-corrected chi connectivity index (χ4v) is 1.13. The van der Waals surface area contributed by atoms with Crippen LogP contribution in [0, 0.1) is 5.92 Å². The van der Waals surface area contributed by atoms with Crippen molar-refractivity contribution in [1.82, 2.24) is 0 Å². The molecule has 0 aromatic rings. The van der Waals surface area contributed by atoms with Gasteiger partial charge in [-0.3, -0.25) is 4.79 Å². The number of unbranched alkanes of at least 4 members (excludes halogenated alkanes) is 1. The van der Waals surface area contributed by atoms with Crippen LogP contribution in [0.3, 0.4) is 0 Å². The largest absolute Gasteiger partial charge is 0.465 e. The Morgan fingerprint density at radius 2 is 1.93 bits per heavy atom. The van der Waals surface area contributed by atoms with Crippen LogP contribution >= 0.6 is 0 Å². The second-order valence-corrected chi connectivity index (χ2v) is 3.27. The second-order valence-electron chi connectivity index (χ2n) is 3.27. The molecular formula is C12H20O2. The molecule has 80 valence electrons. The Balaban J connectivity index is 3.87. The molecule has 0 saturated carbocycles. The van der Waals surface area contributed by atoms with Crippen LogP contribution in [0.2, 0.25) is 0 Å². The fourth-order valence-electron chi connectivity index (χ4n) is 1.13. The Morgan fingerprint density at radius 1 is 1.36 bits per heavy atom. The van der Waals surface area contributed by atoms with Crippen LogP contribution in [-0.2, 0) is 9.53 Å². The van der Waals surface area contributed by atoms with Gasteiger partial charge in [-0.2, -0.15) is 0 Å². The van der Waals surface area contributed by atoms with E-state index in [1.54, 1.807) is 12.2 Å². The Labute approximate surface area is 86.6 Å². The third kappa shape index (κ3) is 5.57. The molecule has 0 bridgehead atoms. The first-order valence-electron chi connectivity index (χ1n) is 5.14. The molecular weight excluding hydrogens is 176 g/mol. The van der Waals surface area contributed by atoms with Crippen LogP contribution in [0.4, 0.5) is 0 Å². The smallest absolute Gasteiger partial charge is 0.309 e. The molecule has 0 atom stereocenters. The lowest BCUT2D eigenvalue weighted by molar-refractivity contribution is -0.148. The van der Waals surface area contributed by atoms with Gasteiger partial charge >= 0.3 is 5.97 Å². The average Bonchev–Trinajstić information content (AvgIpc) is 2.18. The third-order valence-corrected chi connectivity index (χ3v) is 1.98. The molecule has 0 aromatic carbocycles. The zero-order valence-electron chi connectivity index (χ0n) is 9.00. The summed E-state index contributed by atoms with van der Waals surface area (Å²) < 4.78 is 5.12. The van der Waals surface area contributed by atoms with Crippen molar-refractivity contribution in [2.24, 2.45) is 5.92 Å². The fraction of sp³-hybridized carbons (Fsp3) is 0.583. The molecule has 2 nitrogen and oxygen atoms in total. The summed E-state index contributed by atoms with van der Waals surface area (Å²) in [5, 5.41) is 0. The molecule has 0 spiro atoms. The topological polar surface area (TPSA) is 26.3 Å². The van der Waals surface area contributed by atoms with E-state index in [9.17, 15) is 4.79 Å². The van der Waals surface area contributed by atoms with Crippen molar-refractivity contribution in [3.05, 3.63) is 25.3 Å². The zero-order chi connectivity index (χ0) is 10.8. The van der Waals surface area contributed by atoms with Gasteiger partial charge in [0.1, 0.15) is 0 Å². The van der Waals surface area contributed by atoms with Gasteiger partial charge < -0.3 is 4.74 Å². The lowest BCUT2D eigenvalue weighted by Crippen LogP contribution is -2.17. The maximum absolute atomic E-state index is 11.5.